The molecule has 1 aromatic rings. The molecule has 2 rings (SSSR count). The first-order valence-electron chi connectivity index (χ1n) is 6.55. The summed E-state index contributed by atoms with van der Waals surface area (Å²) in [6.07, 6.45) is 4.11. The van der Waals surface area contributed by atoms with Crippen molar-refractivity contribution in [1.29, 1.82) is 0 Å². The average molecular weight is 247 g/mol. The van der Waals surface area contributed by atoms with Gasteiger partial charge in [-0.25, -0.2) is 4.98 Å². The van der Waals surface area contributed by atoms with Crippen molar-refractivity contribution in [1.82, 2.24) is 10.3 Å². The van der Waals surface area contributed by atoms with Gasteiger partial charge in [-0.2, -0.15) is 0 Å². The highest BCUT2D eigenvalue weighted by atomic mass is 16.2. The SMILES string of the molecule is CCNc1ccc(C(=O)NC(C)(C)C2CC2)nc1. The number of anilines is 1. The van der Waals surface area contributed by atoms with Crippen LogP contribution in [0.5, 0.6) is 0 Å². The lowest BCUT2D eigenvalue weighted by Crippen LogP contribution is -2.45. The number of amides is 1. The molecule has 0 radical (unpaired) electrons. The van der Waals surface area contributed by atoms with E-state index in [1.165, 1.54) is 12.8 Å². The van der Waals surface area contributed by atoms with Crippen LogP contribution in [0.1, 0.15) is 44.1 Å². The van der Waals surface area contributed by atoms with Gasteiger partial charge >= 0.3 is 0 Å². The number of aromatic nitrogens is 1. The molecule has 4 nitrogen and oxygen atoms in total. The normalized spacial score (nSPS) is 15.3. The fourth-order valence-corrected chi connectivity index (χ4v) is 2.10. The number of rotatable bonds is 5. The summed E-state index contributed by atoms with van der Waals surface area (Å²) in [5.74, 6) is 0.525. The van der Waals surface area contributed by atoms with Gasteiger partial charge in [0, 0.05) is 12.1 Å². The lowest BCUT2D eigenvalue weighted by atomic mass is 9.98. The molecule has 0 saturated heterocycles. The minimum absolute atomic E-state index is 0.0880. The molecular weight excluding hydrogens is 226 g/mol. The predicted molar refractivity (Wildman–Crippen MR) is 72.7 cm³/mol. The molecule has 0 atom stereocenters. The van der Waals surface area contributed by atoms with Gasteiger partial charge in [0.15, 0.2) is 0 Å². The topological polar surface area (TPSA) is 54.0 Å². The Balaban J connectivity index is 2.00. The number of nitrogens with one attached hydrogen (secondary N) is 2. The van der Waals surface area contributed by atoms with Gasteiger partial charge in [0.25, 0.3) is 5.91 Å². The molecule has 1 aliphatic carbocycles. The molecule has 18 heavy (non-hydrogen) atoms. The van der Waals surface area contributed by atoms with Gasteiger partial charge in [-0.15, -0.1) is 0 Å². The van der Waals surface area contributed by atoms with Crippen LogP contribution in [0.4, 0.5) is 5.69 Å². The van der Waals surface area contributed by atoms with E-state index < -0.39 is 0 Å². The summed E-state index contributed by atoms with van der Waals surface area (Å²) in [4.78, 5) is 16.3. The summed E-state index contributed by atoms with van der Waals surface area (Å²) in [6, 6.07) is 3.64. The van der Waals surface area contributed by atoms with Crippen LogP contribution in [-0.4, -0.2) is 23.0 Å². The van der Waals surface area contributed by atoms with Crippen LogP contribution in [0.2, 0.25) is 0 Å². The van der Waals surface area contributed by atoms with Crippen molar-refractivity contribution in [3.8, 4) is 0 Å². The summed E-state index contributed by atoms with van der Waals surface area (Å²) < 4.78 is 0. The van der Waals surface area contributed by atoms with E-state index in [0.717, 1.165) is 12.2 Å². The predicted octanol–water partition coefficient (Wildman–Crippen LogP) is 2.43. The van der Waals surface area contributed by atoms with Gasteiger partial charge in [0.2, 0.25) is 0 Å². The van der Waals surface area contributed by atoms with Crippen LogP contribution < -0.4 is 10.6 Å². The van der Waals surface area contributed by atoms with Crippen LogP contribution in [-0.2, 0) is 0 Å². The summed E-state index contributed by atoms with van der Waals surface area (Å²) in [5.41, 5.74) is 1.29. The Labute approximate surface area is 108 Å². The van der Waals surface area contributed by atoms with Crippen LogP contribution in [0.3, 0.4) is 0 Å². The van der Waals surface area contributed by atoms with E-state index in [1.807, 2.05) is 13.0 Å². The Hall–Kier alpha value is -1.58. The molecule has 0 aromatic carbocycles. The largest absolute Gasteiger partial charge is 0.384 e. The molecule has 1 aromatic heterocycles. The van der Waals surface area contributed by atoms with Crippen molar-refractivity contribution in [2.75, 3.05) is 11.9 Å². The Kier molecular flexibility index (Phi) is 3.55. The molecule has 0 unspecified atom stereocenters. The van der Waals surface area contributed by atoms with Crippen molar-refractivity contribution in [2.45, 2.75) is 39.2 Å². The number of carbonyl (C=O) groups excluding carboxylic acids is 1. The quantitative estimate of drug-likeness (QED) is 0.840. The van der Waals surface area contributed by atoms with E-state index in [0.29, 0.717) is 11.6 Å². The fraction of sp³-hybridized carbons (Fsp3) is 0.571. The maximum absolute atomic E-state index is 12.1. The van der Waals surface area contributed by atoms with Crippen LogP contribution in [0, 0.1) is 5.92 Å². The second-order valence-electron chi connectivity index (χ2n) is 5.41. The third-order valence-electron chi connectivity index (χ3n) is 3.41. The molecule has 1 aliphatic rings. The number of hydrogen-bond donors (Lipinski definition) is 2. The van der Waals surface area contributed by atoms with Crippen molar-refractivity contribution < 1.29 is 4.79 Å². The van der Waals surface area contributed by atoms with Crippen LogP contribution >= 0.6 is 0 Å². The second-order valence-corrected chi connectivity index (χ2v) is 5.41. The summed E-state index contributed by atoms with van der Waals surface area (Å²) in [6.45, 7) is 7.03. The van der Waals surface area contributed by atoms with Crippen molar-refractivity contribution >= 4 is 11.6 Å². The van der Waals surface area contributed by atoms with Crippen molar-refractivity contribution in [2.24, 2.45) is 5.92 Å². The smallest absolute Gasteiger partial charge is 0.270 e. The second kappa shape index (κ2) is 4.96. The summed E-state index contributed by atoms with van der Waals surface area (Å²) >= 11 is 0. The molecule has 1 saturated carbocycles. The van der Waals surface area contributed by atoms with Crippen molar-refractivity contribution in [3.63, 3.8) is 0 Å². The first-order chi connectivity index (χ1) is 8.53. The lowest BCUT2D eigenvalue weighted by Gasteiger charge is -2.25. The minimum atomic E-state index is -0.126. The zero-order chi connectivity index (χ0) is 13.2. The van der Waals surface area contributed by atoms with Gasteiger partial charge in [0.05, 0.1) is 11.9 Å². The third kappa shape index (κ3) is 3.00. The van der Waals surface area contributed by atoms with E-state index in [4.69, 9.17) is 0 Å². The zero-order valence-electron chi connectivity index (χ0n) is 11.3. The maximum Gasteiger partial charge on any atom is 0.270 e. The minimum Gasteiger partial charge on any atom is -0.384 e. The molecule has 0 aliphatic heterocycles. The molecular formula is C14H21N3O. The Bertz CT molecular complexity index is 421. The van der Waals surface area contributed by atoms with E-state index in [-0.39, 0.29) is 11.4 Å². The van der Waals surface area contributed by atoms with Gasteiger partial charge in [-0.05, 0) is 51.7 Å². The van der Waals surface area contributed by atoms with Gasteiger partial charge < -0.3 is 10.6 Å². The monoisotopic (exact) mass is 247 g/mol. The molecule has 1 fully saturated rings. The number of pyridine rings is 1. The van der Waals surface area contributed by atoms with Crippen LogP contribution in [0.25, 0.3) is 0 Å². The zero-order valence-corrected chi connectivity index (χ0v) is 11.3. The number of nitrogens with zero attached hydrogens (tertiary/aromatic N) is 1. The highest BCUT2D eigenvalue weighted by molar-refractivity contribution is 5.93. The average Bonchev–Trinajstić information content (AvgIpc) is 3.13. The molecule has 1 amide bonds. The molecule has 98 valence electrons. The fourth-order valence-electron chi connectivity index (χ4n) is 2.10. The van der Waals surface area contributed by atoms with E-state index in [1.54, 1.807) is 12.3 Å². The van der Waals surface area contributed by atoms with Gasteiger partial charge in [-0.1, -0.05) is 0 Å². The van der Waals surface area contributed by atoms with E-state index in [2.05, 4.69) is 29.5 Å². The van der Waals surface area contributed by atoms with E-state index in [9.17, 15) is 4.79 Å². The van der Waals surface area contributed by atoms with Crippen LogP contribution in [0.15, 0.2) is 18.3 Å². The van der Waals surface area contributed by atoms with Gasteiger partial charge in [-0.3, -0.25) is 4.79 Å². The van der Waals surface area contributed by atoms with E-state index >= 15 is 0 Å². The van der Waals surface area contributed by atoms with Crippen molar-refractivity contribution in [3.05, 3.63) is 24.0 Å². The lowest BCUT2D eigenvalue weighted by molar-refractivity contribution is 0.0898. The summed E-state index contributed by atoms with van der Waals surface area (Å²) in [5, 5.41) is 6.22. The Morgan fingerprint density at radius 3 is 2.67 bits per heavy atom. The highest BCUT2D eigenvalue weighted by Gasteiger charge is 2.38. The summed E-state index contributed by atoms with van der Waals surface area (Å²) in [7, 11) is 0. The molecule has 2 N–H and O–H groups in total. The Morgan fingerprint density at radius 1 is 1.44 bits per heavy atom. The molecule has 1 heterocycles. The molecule has 4 heteroatoms. The first kappa shape index (κ1) is 12.9. The third-order valence-corrected chi connectivity index (χ3v) is 3.41. The first-order valence-corrected chi connectivity index (χ1v) is 6.55. The Morgan fingerprint density at radius 2 is 2.17 bits per heavy atom. The highest BCUT2D eigenvalue weighted by Crippen LogP contribution is 2.39. The number of hydrogen-bond acceptors (Lipinski definition) is 3. The standard InChI is InChI=1S/C14H21N3O/c1-4-15-11-7-8-12(16-9-11)13(18)17-14(2,3)10-5-6-10/h7-10,15H,4-6H2,1-3H3,(H,17,18). The molecule has 0 spiro atoms. The van der Waals surface area contributed by atoms with Gasteiger partial charge in [0.1, 0.15) is 5.69 Å². The number of carbonyl (C=O) groups is 1. The maximum atomic E-state index is 12.1. The molecule has 0 bridgehead atoms.